The quantitative estimate of drug-likeness (QED) is 0.499. The van der Waals surface area contributed by atoms with E-state index in [1.807, 2.05) is 48.5 Å². The molecule has 0 aliphatic heterocycles. The van der Waals surface area contributed by atoms with Crippen LogP contribution in [0.25, 0.3) is 11.1 Å². The number of nitrogens with one attached hydrogen (secondary N) is 1. The summed E-state index contributed by atoms with van der Waals surface area (Å²) in [4.78, 5) is 24.1. The zero-order chi connectivity index (χ0) is 21.3. The number of hydrogen-bond donors (Lipinski definition) is 3. The van der Waals surface area contributed by atoms with Crippen molar-refractivity contribution in [1.82, 2.24) is 5.32 Å². The zero-order valence-corrected chi connectivity index (χ0v) is 17.3. The highest BCUT2D eigenvalue weighted by Gasteiger charge is 2.30. The third kappa shape index (κ3) is 3.76. The Labute approximate surface area is 181 Å². The molecule has 0 aromatic heterocycles. The molecule has 1 aliphatic rings. The molecule has 0 radical (unpaired) electrons. The van der Waals surface area contributed by atoms with Crippen LogP contribution in [-0.2, 0) is 9.53 Å². The smallest absolute Gasteiger partial charge is 0.408 e. The fraction of sp³-hybridized carbons (Fsp3) is 0.130. The first-order chi connectivity index (χ1) is 14.5. The van der Waals surface area contributed by atoms with Crippen LogP contribution in [0.4, 0.5) is 4.79 Å². The summed E-state index contributed by atoms with van der Waals surface area (Å²) >= 11 is 3.24. The van der Waals surface area contributed by atoms with E-state index in [4.69, 9.17) is 4.74 Å². The maximum Gasteiger partial charge on any atom is 0.408 e. The van der Waals surface area contributed by atoms with Crippen LogP contribution in [0.1, 0.15) is 28.7 Å². The second-order valence-electron chi connectivity index (χ2n) is 6.94. The van der Waals surface area contributed by atoms with Crippen LogP contribution in [0.2, 0.25) is 0 Å². The molecule has 1 amide bonds. The summed E-state index contributed by atoms with van der Waals surface area (Å²) in [6.07, 6.45) is -0.872. The second kappa shape index (κ2) is 8.20. The molecule has 4 rings (SSSR count). The van der Waals surface area contributed by atoms with E-state index in [0.717, 1.165) is 22.3 Å². The number of rotatable bonds is 5. The zero-order valence-electron chi connectivity index (χ0n) is 15.7. The van der Waals surface area contributed by atoms with Crippen LogP contribution in [0.15, 0.2) is 71.2 Å². The number of amides is 1. The van der Waals surface area contributed by atoms with Crippen molar-refractivity contribution in [2.75, 3.05) is 6.61 Å². The summed E-state index contributed by atoms with van der Waals surface area (Å²) in [5, 5.41) is 21.9. The standard InChI is InChI=1S/C23H18BrNO5/c24-13-9-10-20(26)18(11-13)21(22(27)28)25-23(29)30-12-19-16-7-3-1-5-14(16)15-6-2-4-8-17(15)19/h1-11,19,21,26H,12H2,(H,25,29)(H,27,28). The van der Waals surface area contributed by atoms with E-state index in [-0.39, 0.29) is 23.8 Å². The molecule has 6 nitrogen and oxygen atoms in total. The van der Waals surface area contributed by atoms with Crippen LogP contribution in [0, 0.1) is 0 Å². The van der Waals surface area contributed by atoms with E-state index < -0.39 is 18.1 Å². The SMILES string of the molecule is O=C(NC(C(=O)O)c1cc(Br)ccc1O)OCC1c2ccccc2-c2ccccc21. The fourth-order valence-corrected chi connectivity index (χ4v) is 4.17. The average Bonchev–Trinajstić information content (AvgIpc) is 3.06. The van der Waals surface area contributed by atoms with Gasteiger partial charge in [-0.2, -0.15) is 0 Å². The lowest BCUT2D eigenvalue weighted by Crippen LogP contribution is -2.34. The van der Waals surface area contributed by atoms with E-state index in [0.29, 0.717) is 4.47 Å². The molecule has 0 spiro atoms. The Morgan fingerprint density at radius 3 is 2.20 bits per heavy atom. The predicted molar refractivity (Wildman–Crippen MR) is 114 cm³/mol. The molecule has 1 atom stereocenters. The van der Waals surface area contributed by atoms with Crippen molar-refractivity contribution < 1.29 is 24.5 Å². The lowest BCUT2D eigenvalue weighted by molar-refractivity contribution is -0.139. The largest absolute Gasteiger partial charge is 0.508 e. The molecule has 3 N–H and O–H groups in total. The number of aliphatic carboxylic acids is 1. The van der Waals surface area contributed by atoms with E-state index in [1.165, 1.54) is 12.1 Å². The van der Waals surface area contributed by atoms with Gasteiger partial charge in [-0.25, -0.2) is 9.59 Å². The highest BCUT2D eigenvalue weighted by molar-refractivity contribution is 9.10. The minimum absolute atomic E-state index is 0.0605. The van der Waals surface area contributed by atoms with Gasteiger partial charge in [-0.05, 0) is 40.5 Å². The highest BCUT2D eigenvalue weighted by Crippen LogP contribution is 2.44. The van der Waals surface area contributed by atoms with E-state index in [1.54, 1.807) is 6.07 Å². The minimum Gasteiger partial charge on any atom is -0.508 e. The van der Waals surface area contributed by atoms with Crippen molar-refractivity contribution >= 4 is 28.0 Å². The van der Waals surface area contributed by atoms with Crippen molar-refractivity contribution in [3.63, 3.8) is 0 Å². The molecule has 30 heavy (non-hydrogen) atoms. The van der Waals surface area contributed by atoms with Gasteiger partial charge in [0, 0.05) is 16.0 Å². The predicted octanol–water partition coefficient (Wildman–Crippen LogP) is 4.82. The first-order valence-electron chi connectivity index (χ1n) is 9.28. The van der Waals surface area contributed by atoms with E-state index >= 15 is 0 Å². The molecule has 1 aliphatic carbocycles. The summed E-state index contributed by atoms with van der Waals surface area (Å²) in [6.45, 7) is 0.0661. The van der Waals surface area contributed by atoms with Crippen LogP contribution in [0.3, 0.4) is 0 Å². The number of aromatic hydroxyl groups is 1. The number of benzene rings is 3. The lowest BCUT2D eigenvalue weighted by Gasteiger charge is -2.18. The van der Waals surface area contributed by atoms with Gasteiger partial charge in [-0.3, -0.25) is 0 Å². The Morgan fingerprint density at radius 1 is 1.00 bits per heavy atom. The van der Waals surface area contributed by atoms with Crippen molar-refractivity contribution in [3.05, 3.63) is 87.9 Å². The Hall–Kier alpha value is -3.32. The molecule has 1 unspecified atom stereocenters. The van der Waals surface area contributed by atoms with Crippen molar-refractivity contribution in [2.24, 2.45) is 0 Å². The number of carboxylic acids is 1. The normalized spacial score (nSPS) is 13.2. The van der Waals surface area contributed by atoms with Gasteiger partial charge in [0.25, 0.3) is 0 Å². The number of fused-ring (bicyclic) bond motifs is 3. The molecule has 152 valence electrons. The number of phenols is 1. The Morgan fingerprint density at radius 2 is 1.60 bits per heavy atom. The first-order valence-corrected chi connectivity index (χ1v) is 10.1. The molecule has 0 fully saturated rings. The summed E-state index contributed by atoms with van der Waals surface area (Å²) < 4.78 is 5.98. The molecule has 3 aromatic carbocycles. The van der Waals surface area contributed by atoms with Crippen molar-refractivity contribution in [3.8, 4) is 16.9 Å². The number of ether oxygens (including phenoxy) is 1. The molecule has 0 heterocycles. The van der Waals surface area contributed by atoms with Gasteiger partial charge in [-0.15, -0.1) is 0 Å². The maximum atomic E-state index is 12.4. The van der Waals surface area contributed by atoms with Gasteiger partial charge < -0.3 is 20.3 Å². The van der Waals surface area contributed by atoms with Crippen LogP contribution in [0.5, 0.6) is 5.75 Å². The molecule has 3 aromatic rings. The molecular weight excluding hydrogens is 450 g/mol. The number of halogens is 1. The third-order valence-electron chi connectivity index (χ3n) is 5.15. The van der Waals surface area contributed by atoms with Gasteiger partial charge in [0.2, 0.25) is 0 Å². The van der Waals surface area contributed by atoms with Crippen LogP contribution >= 0.6 is 15.9 Å². The Balaban J connectivity index is 1.51. The number of alkyl carbamates (subject to hydrolysis) is 1. The number of hydrogen-bond acceptors (Lipinski definition) is 4. The van der Waals surface area contributed by atoms with Gasteiger partial charge in [-0.1, -0.05) is 64.5 Å². The molecular formula is C23H18BrNO5. The molecule has 0 saturated heterocycles. The van der Waals surface area contributed by atoms with Crippen LogP contribution < -0.4 is 5.32 Å². The van der Waals surface area contributed by atoms with Crippen LogP contribution in [-0.4, -0.2) is 28.9 Å². The summed E-state index contributed by atoms with van der Waals surface area (Å²) in [6, 6.07) is 18.8. The summed E-state index contributed by atoms with van der Waals surface area (Å²) in [5.74, 6) is -1.67. The number of carbonyl (C=O) groups is 2. The topological polar surface area (TPSA) is 95.9 Å². The van der Waals surface area contributed by atoms with Gasteiger partial charge in [0.05, 0.1) is 0 Å². The monoisotopic (exact) mass is 467 g/mol. The number of carboxylic acid groups (broad SMARTS) is 1. The second-order valence-corrected chi connectivity index (χ2v) is 7.86. The fourth-order valence-electron chi connectivity index (χ4n) is 3.79. The molecule has 0 bridgehead atoms. The lowest BCUT2D eigenvalue weighted by atomic mass is 9.98. The van der Waals surface area contributed by atoms with Gasteiger partial charge >= 0.3 is 12.1 Å². The third-order valence-corrected chi connectivity index (χ3v) is 5.65. The average molecular weight is 468 g/mol. The molecule has 0 saturated carbocycles. The summed E-state index contributed by atoms with van der Waals surface area (Å²) in [7, 11) is 0. The Bertz CT molecular complexity index is 1080. The van der Waals surface area contributed by atoms with Crippen molar-refractivity contribution in [2.45, 2.75) is 12.0 Å². The summed E-state index contributed by atoms with van der Waals surface area (Å²) in [5.41, 5.74) is 4.39. The maximum absolute atomic E-state index is 12.4. The van der Waals surface area contributed by atoms with Gasteiger partial charge in [0.1, 0.15) is 12.4 Å². The highest BCUT2D eigenvalue weighted by atomic mass is 79.9. The van der Waals surface area contributed by atoms with E-state index in [9.17, 15) is 19.8 Å². The molecule has 7 heteroatoms. The van der Waals surface area contributed by atoms with E-state index in [2.05, 4.69) is 21.2 Å². The Kier molecular flexibility index (Phi) is 5.46. The minimum atomic E-state index is -1.45. The van der Waals surface area contributed by atoms with Crippen molar-refractivity contribution in [1.29, 1.82) is 0 Å². The first kappa shape index (κ1) is 20.0. The number of phenolic OH excluding ortho intramolecular Hbond substituents is 1. The van der Waals surface area contributed by atoms with Gasteiger partial charge in [0.15, 0.2) is 6.04 Å². The number of carbonyl (C=O) groups excluding carboxylic acids is 1.